The number of nitrogens with one attached hydrogen (secondary N) is 1. The molecule has 38 heavy (non-hydrogen) atoms. The second kappa shape index (κ2) is 16.0. The van der Waals surface area contributed by atoms with Gasteiger partial charge in [0.25, 0.3) is 0 Å². The minimum absolute atomic E-state index is 0. The molecule has 0 unspecified atom stereocenters. The zero-order valence-corrected chi connectivity index (χ0v) is 21.8. The number of amides is 1. The van der Waals surface area contributed by atoms with Crippen LogP contribution >= 0.6 is 0 Å². The Balaban J connectivity index is 0.000000756. The summed E-state index contributed by atoms with van der Waals surface area (Å²) in [6, 6.07) is 5.53. The molecule has 0 aliphatic heterocycles. The summed E-state index contributed by atoms with van der Waals surface area (Å²) >= 11 is 0. The molecule has 0 saturated heterocycles. The average Bonchev–Trinajstić information content (AvgIpc) is 3.62. The van der Waals surface area contributed by atoms with Gasteiger partial charge in [0.15, 0.2) is 0 Å². The number of fused-ring (bicyclic) bond motifs is 1. The molecule has 5 N–H and O–H groups in total. The Labute approximate surface area is 234 Å². The summed E-state index contributed by atoms with van der Waals surface area (Å²) in [6.45, 7) is 3.53. The molecular weight excluding hydrogens is 528 g/mol. The number of oxime groups is 1. The summed E-state index contributed by atoms with van der Waals surface area (Å²) in [4.78, 5) is 38.6. The van der Waals surface area contributed by atoms with Gasteiger partial charge in [-0.25, -0.2) is 4.79 Å². The van der Waals surface area contributed by atoms with Crippen molar-refractivity contribution < 1.29 is 31.5 Å². The van der Waals surface area contributed by atoms with Crippen LogP contribution in [0.5, 0.6) is 0 Å². The number of carbonyl (C=O) groups is 2. The minimum atomic E-state index is -0.774. The predicted molar refractivity (Wildman–Crippen MR) is 143 cm³/mol. The molecule has 10 radical (unpaired) electrons. The summed E-state index contributed by atoms with van der Waals surface area (Å²) < 4.78 is 0. The van der Waals surface area contributed by atoms with Gasteiger partial charge in [-0.2, -0.15) is 0 Å². The number of hydrogen-bond donors (Lipinski definition) is 2. The van der Waals surface area contributed by atoms with E-state index in [-0.39, 0.29) is 41.7 Å². The van der Waals surface area contributed by atoms with Crippen molar-refractivity contribution in [1.82, 2.24) is 9.97 Å². The Kier molecular flexibility index (Phi) is 13.1. The molecule has 0 atom stereocenters. The third-order valence-corrected chi connectivity index (χ3v) is 5.09. The molecule has 2 aliphatic carbocycles. The third-order valence-electron chi connectivity index (χ3n) is 5.09. The molecule has 1 aromatic carbocycles. The number of rotatable bonds is 9. The van der Waals surface area contributed by atoms with Crippen LogP contribution in [0.3, 0.4) is 0 Å². The van der Waals surface area contributed by atoms with Gasteiger partial charge in [0.05, 0.1) is 6.42 Å². The molecule has 1 aromatic heterocycles. The van der Waals surface area contributed by atoms with Crippen LogP contribution in [0.2, 0.25) is 0 Å². The van der Waals surface area contributed by atoms with Crippen LogP contribution in [0.25, 0.3) is 22.0 Å². The van der Waals surface area contributed by atoms with Crippen LogP contribution in [0.15, 0.2) is 23.4 Å². The third kappa shape index (κ3) is 9.98. The normalized spacial score (nSPS) is 14.7. The molecule has 0 bridgehead atoms. The van der Waals surface area contributed by atoms with Crippen LogP contribution in [0, 0.1) is 63.7 Å². The number of nitrogens with two attached hydrogens (primary N) is 2. The first-order valence-corrected chi connectivity index (χ1v) is 11.5. The molecule has 2 saturated carbocycles. The second-order valence-electron chi connectivity index (χ2n) is 7.83. The summed E-state index contributed by atoms with van der Waals surface area (Å²) in [5.41, 5.74) is 19.4. The molecule has 2 aliphatic rings. The van der Waals surface area contributed by atoms with Crippen molar-refractivity contribution in [3.8, 4) is 0 Å². The van der Waals surface area contributed by atoms with Crippen LogP contribution in [0.4, 0.5) is 17.5 Å². The van der Waals surface area contributed by atoms with Crippen LogP contribution in [-0.2, 0) is 31.5 Å². The van der Waals surface area contributed by atoms with Gasteiger partial charge in [-0.1, -0.05) is 0 Å². The van der Waals surface area contributed by atoms with Gasteiger partial charge >= 0.3 is 23.0 Å². The van der Waals surface area contributed by atoms with E-state index < -0.39 is 17.8 Å². The van der Waals surface area contributed by atoms with E-state index in [9.17, 15) is 9.59 Å². The predicted octanol–water partition coefficient (Wildman–Crippen LogP) is 3.61. The van der Waals surface area contributed by atoms with Crippen LogP contribution < -0.4 is 16.4 Å². The maximum Gasteiger partial charge on any atom is 2.00 e. The first-order valence-electron chi connectivity index (χ1n) is 11.5. The monoisotopic (exact) mass is 556 g/mol. The first kappa shape index (κ1) is 31.1. The molecule has 2 aromatic rings. The number of aromatic nitrogens is 2. The Bertz CT molecular complexity index is 1080. The summed E-state index contributed by atoms with van der Waals surface area (Å²) in [5, 5.41) is 7.66. The molecule has 11 nitrogen and oxygen atoms in total. The zero-order chi connectivity index (χ0) is 26.6. The molecule has 1 heterocycles. The maximum atomic E-state index is 12.3. The fourth-order valence-corrected chi connectivity index (χ4v) is 3.36. The molecule has 198 valence electrons. The molecule has 12 heteroatoms. The van der Waals surface area contributed by atoms with Crippen molar-refractivity contribution in [1.29, 1.82) is 0 Å². The van der Waals surface area contributed by atoms with Crippen molar-refractivity contribution in [2.24, 2.45) is 16.6 Å². The molecule has 2 fully saturated rings. The van der Waals surface area contributed by atoms with Gasteiger partial charge in [-0.15, -0.1) is 0 Å². The molecule has 0 spiro atoms. The number of nitrogens with zero attached hydrogens (tertiary/aromatic N) is 5. The van der Waals surface area contributed by atoms with Crippen LogP contribution in [0.1, 0.15) is 19.8 Å². The van der Waals surface area contributed by atoms with Gasteiger partial charge in [-0.3, -0.25) is 4.79 Å². The summed E-state index contributed by atoms with van der Waals surface area (Å²) in [6.07, 6.45) is 17.6. The quantitative estimate of drug-likeness (QED) is 0.155. The smallest absolute Gasteiger partial charge is 0.432 e. The van der Waals surface area contributed by atoms with E-state index in [1.807, 2.05) is 64.0 Å². The zero-order valence-electron chi connectivity index (χ0n) is 20.7. The van der Waals surface area contributed by atoms with Crippen molar-refractivity contribution >= 4 is 46.2 Å². The van der Waals surface area contributed by atoms with Crippen molar-refractivity contribution in [3.05, 3.63) is 93.0 Å². The Morgan fingerprint density at radius 3 is 2.29 bits per heavy atom. The van der Waals surface area contributed by atoms with E-state index in [2.05, 4.69) is 43.0 Å². The maximum absolute atomic E-state index is 12.3. The second-order valence-corrected chi connectivity index (χ2v) is 7.83. The average molecular weight is 556 g/mol. The number of hydrogen-bond acceptors (Lipinski definition) is 7. The Morgan fingerprint density at radius 1 is 1.03 bits per heavy atom. The fraction of sp³-hybridized carbons (Fsp3) is 0.192. The van der Waals surface area contributed by atoms with Gasteiger partial charge < -0.3 is 42.2 Å². The van der Waals surface area contributed by atoms with E-state index in [1.54, 1.807) is 6.07 Å². The topological polar surface area (TPSA) is 175 Å². The van der Waals surface area contributed by atoms with Crippen molar-refractivity contribution in [2.45, 2.75) is 19.8 Å². The summed E-state index contributed by atoms with van der Waals surface area (Å²) in [5.74, 6) is -0.774. The fourth-order valence-electron chi connectivity index (χ4n) is 3.36. The Hall–Kier alpha value is -3.11. The number of anilines is 1. The molecular formula is C26H28FeN8O3. The van der Waals surface area contributed by atoms with E-state index in [0.717, 1.165) is 18.8 Å². The molecule has 1 amide bonds. The molecule has 4 rings (SSSR count). The van der Waals surface area contributed by atoms with E-state index in [1.165, 1.54) is 5.92 Å². The van der Waals surface area contributed by atoms with E-state index in [0.29, 0.717) is 10.9 Å². The van der Waals surface area contributed by atoms with Gasteiger partial charge in [0.2, 0.25) is 5.96 Å². The van der Waals surface area contributed by atoms with Gasteiger partial charge in [0.1, 0.15) is 5.91 Å². The van der Waals surface area contributed by atoms with E-state index >= 15 is 0 Å². The SMILES string of the molecule is CCN(C[C]1[CH][CH][CH][CH]1)c1ccc2nc([NH-])nc([N-]C(=O)CCC(=O)ON=C(N)N)c2c1.[CH]1[CH][CH][CH][CH]1.[Fe+2]. The largest absolute Gasteiger partial charge is 2.00 e. The van der Waals surface area contributed by atoms with Gasteiger partial charge in [0, 0.05) is 31.1 Å². The number of guanidine groups is 1. The van der Waals surface area contributed by atoms with Gasteiger partial charge in [-0.05, 0) is 111 Å². The standard InChI is InChI=1S/C21H24N8O3.C5H5.Fe/c1-2-29(12-13-5-3-4-6-13)14-7-8-16-15(11-14)19(27-21(24)25-16)26-17(30)9-10-18(31)32-28-20(22)23;1-2-4-5-3-1;/h3-8,11H,2,9-10,12H2,1H3,(H6-,22,23,24,25,26,27,28,30);1-5H;/q-1;;+2/p-1. The van der Waals surface area contributed by atoms with Crippen molar-refractivity contribution in [2.75, 3.05) is 18.0 Å². The number of carbonyl (C=O) groups excluding carboxylic acids is 2. The number of benzene rings is 1. The van der Waals surface area contributed by atoms with E-state index in [4.69, 9.17) is 17.2 Å². The minimum Gasteiger partial charge on any atom is -0.432 e. The van der Waals surface area contributed by atoms with Crippen LogP contribution in [-0.4, -0.2) is 40.9 Å². The van der Waals surface area contributed by atoms with Crippen molar-refractivity contribution in [3.63, 3.8) is 0 Å². The Morgan fingerprint density at radius 2 is 1.68 bits per heavy atom. The first-order chi connectivity index (χ1) is 17.9. The summed E-state index contributed by atoms with van der Waals surface area (Å²) in [7, 11) is 0.